The van der Waals surface area contributed by atoms with E-state index in [1.165, 1.54) is 6.07 Å². The van der Waals surface area contributed by atoms with Crippen molar-refractivity contribution in [1.29, 1.82) is 0 Å². The van der Waals surface area contributed by atoms with Crippen molar-refractivity contribution >= 4 is 29.3 Å². The Balaban J connectivity index is 1.69. The Morgan fingerprint density at radius 1 is 1.39 bits per heavy atom. The zero-order valence-corrected chi connectivity index (χ0v) is 10.9. The molecule has 4 nitrogen and oxygen atoms in total. The zero-order chi connectivity index (χ0) is 12.7. The molecule has 1 amide bonds. The summed E-state index contributed by atoms with van der Waals surface area (Å²) in [7, 11) is 0. The summed E-state index contributed by atoms with van der Waals surface area (Å²) in [5.74, 6) is 0.401. The second-order valence-corrected chi connectivity index (χ2v) is 5.26. The second kappa shape index (κ2) is 4.61. The minimum atomic E-state index is -0.357. The number of likely N-dealkylation sites (tertiary alicyclic amines) is 1. The molecule has 2 bridgehead atoms. The van der Waals surface area contributed by atoms with E-state index in [-0.39, 0.29) is 18.2 Å². The molecule has 0 aromatic heterocycles. The van der Waals surface area contributed by atoms with Gasteiger partial charge >= 0.3 is 6.09 Å². The summed E-state index contributed by atoms with van der Waals surface area (Å²) in [5.41, 5.74) is 0. The number of fused-ring (bicyclic) bond motifs is 2. The average Bonchev–Trinajstić information content (AvgIpc) is 2.96. The molecule has 0 aliphatic carbocycles. The maximum absolute atomic E-state index is 12.0. The molecule has 0 spiro atoms. The minimum Gasteiger partial charge on any atom is -0.410 e. The first-order chi connectivity index (χ1) is 8.63. The number of rotatable bonds is 1. The van der Waals surface area contributed by atoms with E-state index in [0.717, 1.165) is 6.42 Å². The molecule has 2 saturated heterocycles. The summed E-state index contributed by atoms with van der Waals surface area (Å²) in [6.45, 7) is 1.20. The largest absolute Gasteiger partial charge is 0.415 e. The van der Waals surface area contributed by atoms with Gasteiger partial charge in [0.1, 0.15) is 5.75 Å². The molecule has 2 aliphatic heterocycles. The molecule has 6 heteroatoms. The Morgan fingerprint density at radius 2 is 2.22 bits per heavy atom. The van der Waals surface area contributed by atoms with Gasteiger partial charge in [-0.15, -0.1) is 0 Å². The minimum absolute atomic E-state index is 0.144. The summed E-state index contributed by atoms with van der Waals surface area (Å²) in [6, 6.07) is 4.90. The lowest BCUT2D eigenvalue weighted by atomic mass is 10.2. The second-order valence-electron chi connectivity index (χ2n) is 4.44. The number of nitrogens with zero attached hydrogens (tertiary/aromatic N) is 1. The summed E-state index contributed by atoms with van der Waals surface area (Å²) < 4.78 is 10.7. The number of hydrogen-bond donors (Lipinski definition) is 0. The maximum Gasteiger partial charge on any atom is 0.415 e. The average molecular weight is 288 g/mol. The molecule has 1 aromatic carbocycles. The molecule has 2 fully saturated rings. The van der Waals surface area contributed by atoms with Gasteiger partial charge in [0.2, 0.25) is 0 Å². The molecule has 2 heterocycles. The van der Waals surface area contributed by atoms with Crippen LogP contribution in [0.4, 0.5) is 4.79 Å². The van der Waals surface area contributed by atoms with E-state index in [9.17, 15) is 4.79 Å². The van der Waals surface area contributed by atoms with Gasteiger partial charge in [0, 0.05) is 6.07 Å². The number of benzene rings is 1. The molecule has 0 radical (unpaired) electrons. The Labute approximate surface area is 114 Å². The highest BCUT2D eigenvalue weighted by atomic mass is 35.5. The van der Waals surface area contributed by atoms with Crippen LogP contribution in [0, 0.1) is 0 Å². The van der Waals surface area contributed by atoms with Crippen LogP contribution in [0.1, 0.15) is 6.42 Å². The fourth-order valence-corrected chi connectivity index (χ4v) is 2.61. The van der Waals surface area contributed by atoms with E-state index < -0.39 is 0 Å². The molecule has 1 aromatic rings. The van der Waals surface area contributed by atoms with Gasteiger partial charge in [-0.05, 0) is 18.6 Å². The van der Waals surface area contributed by atoms with Crippen LogP contribution in [-0.4, -0.2) is 36.3 Å². The number of halogens is 2. The van der Waals surface area contributed by atoms with Crippen LogP contribution in [0.5, 0.6) is 5.75 Å². The van der Waals surface area contributed by atoms with Crippen LogP contribution in [0.25, 0.3) is 0 Å². The quantitative estimate of drug-likeness (QED) is 0.797. The Kier molecular flexibility index (Phi) is 3.09. The lowest BCUT2D eigenvalue weighted by molar-refractivity contribution is 0.0348. The third kappa shape index (κ3) is 2.16. The number of carbonyl (C=O) groups is 1. The van der Waals surface area contributed by atoms with E-state index in [0.29, 0.717) is 28.9 Å². The normalized spacial score (nSPS) is 25.6. The summed E-state index contributed by atoms with van der Waals surface area (Å²) in [5, 5.41) is 0.804. The molecule has 0 saturated carbocycles. The molecule has 2 atom stereocenters. The van der Waals surface area contributed by atoms with Crippen LogP contribution in [0.3, 0.4) is 0 Å². The lowest BCUT2D eigenvalue weighted by Gasteiger charge is -2.25. The molecular weight excluding hydrogens is 277 g/mol. The number of hydrogen-bond acceptors (Lipinski definition) is 3. The Bertz CT molecular complexity index is 494. The summed E-state index contributed by atoms with van der Waals surface area (Å²) in [6.07, 6.45) is 0.705. The van der Waals surface area contributed by atoms with Gasteiger partial charge in [0.05, 0.1) is 35.3 Å². The van der Waals surface area contributed by atoms with Crippen LogP contribution < -0.4 is 4.74 Å². The molecule has 3 rings (SSSR count). The molecule has 2 aliphatic rings. The maximum atomic E-state index is 12.0. The van der Waals surface area contributed by atoms with Crippen molar-refractivity contribution in [3.8, 4) is 5.75 Å². The summed E-state index contributed by atoms with van der Waals surface area (Å²) >= 11 is 11.7. The third-order valence-corrected chi connectivity index (χ3v) is 3.97. The van der Waals surface area contributed by atoms with Crippen molar-refractivity contribution in [3.05, 3.63) is 28.2 Å². The van der Waals surface area contributed by atoms with Crippen molar-refractivity contribution in [2.45, 2.75) is 18.6 Å². The van der Waals surface area contributed by atoms with Crippen LogP contribution in [-0.2, 0) is 4.74 Å². The van der Waals surface area contributed by atoms with Crippen molar-refractivity contribution in [2.24, 2.45) is 0 Å². The molecule has 18 heavy (non-hydrogen) atoms. The van der Waals surface area contributed by atoms with Crippen molar-refractivity contribution < 1.29 is 14.3 Å². The number of carbonyl (C=O) groups excluding carboxylic acids is 1. The van der Waals surface area contributed by atoms with Crippen molar-refractivity contribution in [3.63, 3.8) is 0 Å². The number of amides is 1. The lowest BCUT2D eigenvalue weighted by Crippen LogP contribution is -2.42. The predicted molar refractivity (Wildman–Crippen MR) is 67.3 cm³/mol. The number of ether oxygens (including phenoxy) is 2. The fourth-order valence-electron chi connectivity index (χ4n) is 2.32. The van der Waals surface area contributed by atoms with E-state index in [1.807, 2.05) is 0 Å². The SMILES string of the molecule is O=C(Oc1ccc(Cl)c(Cl)c1)N1CC2CC1CO2. The van der Waals surface area contributed by atoms with Gasteiger partial charge in [-0.2, -0.15) is 0 Å². The molecule has 2 unspecified atom stereocenters. The van der Waals surface area contributed by atoms with Gasteiger partial charge in [-0.1, -0.05) is 23.2 Å². The van der Waals surface area contributed by atoms with Crippen molar-refractivity contribution in [2.75, 3.05) is 13.2 Å². The fraction of sp³-hybridized carbons (Fsp3) is 0.417. The topological polar surface area (TPSA) is 38.8 Å². The first-order valence-corrected chi connectivity index (χ1v) is 6.44. The third-order valence-electron chi connectivity index (χ3n) is 3.23. The first-order valence-electron chi connectivity index (χ1n) is 5.68. The van der Waals surface area contributed by atoms with E-state index >= 15 is 0 Å². The Morgan fingerprint density at radius 3 is 2.83 bits per heavy atom. The summed E-state index contributed by atoms with van der Waals surface area (Å²) in [4.78, 5) is 13.7. The van der Waals surface area contributed by atoms with Crippen LogP contribution in [0.15, 0.2) is 18.2 Å². The predicted octanol–water partition coefficient (Wildman–Crippen LogP) is 2.97. The standard InChI is InChI=1S/C12H11Cl2NO3/c13-10-2-1-8(4-11(10)14)18-12(16)15-5-9-3-7(15)6-17-9/h1-2,4,7,9H,3,5-6H2. The van der Waals surface area contributed by atoms with Gasteiger partial charge < -0.3 is 9.47 Å². The van der Waals surface area contributed by atoms with Crippen LogP contribution in [0.2, 0.25) is 10.0 Å². The zero-order valence-electron chi connectivity index (χ0n) is 9.44. The van der Waals surface area contributed by atoms with Gasteiger partial charge in [0.15, 0.2) is 0 Å². The highest BCUT2D eigenvalue weighted by Gasteiger charge is 2.42. The van der Waals surface area contributed by atoms with E-state index in [1.54, 1.807) is 17.0 Å². The molecule has 0 N–H and O–H groups in total. The molecule has 96 valence electrons. The smallest absolute Gasteiger partial charge is 0.410 e. The number of morpholine rings is 1. The van der Waals surface area contributed by atoms with E-state index in [4.69, 9.17) is 32.7 Å². The monoisotopic (exact) mass is 287 g/mol. The highest BCUT2D eigenvalue weighted by Crippen LogP contribution is 2.30. The highest BCUT2D eigenvalue weighted by molar-refractivity contribution is 6.42. The van der Waals surface area contributed by atoms with Crippen LogP contribution >= 0.6 is 23.2 Å². The van der Waals surface area contributed by atoms with Crippen molar-refractivity contribution in [1.82, 2.24) is 4.90 Å². The molecular formula is C12H11Cl2NO3. The van der Waals surface area contributed by atoms with Gasteiger partial charge in [0.25, 0.3) is 0 Å². The van der Waals surface area contributed by atoms with E-state index in [2.05, 4.69) is 0 Å². The first kappa shape index (κ1) is 12.1. The van der Waals surface area contributed by atoms with Gasteiger partial charge in [-0.3, -0.25) is 4.90 Å². The Hall–Kier alpha value is -0.970. The van der Waals surface area contributed by atoms with Gasteiger partial charge in [-0.25, -0.2) is 4.79 Å².